The first-order chi connectivity index (χ1) is 9.41. The summed E-state index contributed by atoms with van der Waals surface area (Å²) in [6, 6.07) is 13.0. The average molecular weight is 274 g/mol. The fourth-order valence-electron chi connectivity index (χ4n) is 1.38. The zero-order valence-electron chi connectivity index (χ0n) is 11.1. The number of rotatable bonds is 2. The molecule has 0 atom stereocenters. The van der Waals surface area contributed by atoms with E-state index in [0.29, 0.717) is 0 Å². The summed E-state index contributed by atoms with van der Waals surface area (Å²) in [5.41, 5.74) is 2.19. The molecule has 0 spiro atoms. The van der Waals surface area contributed by atoms with E-state index in [-0.39, 0.29) is 11.4 Å². The van der Waals surface area contributed by atoms with Gasteiger partial charge >= 0.3 is 0 Å². The van der Waals surface area contributed by atoms with E-state index in [1.165, 1.54) is 29.3 Å². The third kappa shape index (κ3) is 4.49. The second-order valence-corrected chi connectivity index (χ2v) is 4.12. The van der Waals surface area contributed by atoms with Crippen LogP contribution < -0.4 is 0 Å². The normalized spacial score (nSPS) is 9.30. The summed E-state index contributed by atoms with van der Waals surface area (Å²) in [5, 5.41) is 20.3. The van der Waals surface area contributed by atoms with Crippen LogP contribution in [0.3, 0.4) is 0 Å². The molecule has 0 heterocycles. The fourth-order valence-corrected chi connectivity index (χ4v) is 1.38. The van der Waals surface area contributed by atoms with Gasteiger partial charge in [0.05, 0.1) is 15.9 Å². The minimum atomic E-state index is -0.674. The maximum absolute atomic E-state index is 10.2. The van der Waals surface area contributed by atoms with Crippen LogP contribution in [-0.4, -0.2) is 9.85 Å². The van der Waals surface area contributed by atoms with Gasteiger partial charge in [0.15, 0.2) is 0 Å². The van der Waals surface area contributed by atoms with E-state index in [9.17, 15) is 20.2 Å². The minimum absolute atomic E-state index is 0.274. The van der Waals surface area contributed by atoms with Crippen molar-refractivity contribution in [2.75, 3.05) is 0 Å². The van der Waals surface area contributed by atoms with Gasteiger partial charge < -0.3 is 0 Å². The van der Waals surface area contributed by atoms with Crippen LogP contribution in [0.15, 0.2) is 48.5 Å². The van der Waals surface area contributed by atoms with E-state index < -0.39 is 9.85 Å². The lowest BCUT2D eigenvalue weighted by Crippen LogP contribution is -1.91. The zero-order chi connectivity index (χ0) is 15.1. The smallest absolute Gasteiger partial charge is 0.258 e. The second-order valence-electron chi connectivity index (χ2n) is 4.12. The minimum Gasteiger partial charge on any atom is -0.258 e. The van der Waals surface area contributed by atoms with Crippen LogP contribution in [0.5, 0.6) is 0 Å². The molecule has 6 nitrogen and oxygen atoms in total. The highest BCUT2D eigenvalue weighted by molar-refractivity contribution is 5.42. The molecule has 2 aromatic carbocycles. The molecule has 0 radical (unpaired) electrons. The first-order valence-electron chi connectivity index (χ1n) is 5.83. The van der Waals surface area contributed by atoms with Crippen LogP contribution in [0.4, 0.5) is 11.4 Å². The molecule has 6 heteroatoms. The summed E-state index contributed by atoms with van der Waals surface area (Å²) in [5.74, 6) is 0. The summed E-state index contributed by atoms with van der Waals surface area (Å²) in [4.78, 5) is 19.0. The molecule has 0 saturated heterocycles. The molecule has 0 aliphatic rings. The van der Waals surface area contributed by atoms with E-state index in [2.05, 4.69) is 38.1 Å². The predicted octanol–water partition coefficient (Wildman–Crippen LogP) is 3.81. The highest BCUT2D eigenvalue weighted by atomic mass is 16.6. The van der Waals surface area contributed by atoms with Crippen LogP contribution in [0.2, 0.25) is 0 Å². The summed E-state index contributed by atoms with van der Waals surface area (Å²) < 4.78 is 0. The number of nitrogens with zero attached hydrogens (tertiary/aromatic N) is 2. The Labute approximate surface area is 116 Å². The summed E-state index contributed by atoms with van der Waals surface area (Å²) >= 11 is 0. The topological polar surface area (TPSA) is 86.3 Å². The lowest BCUT2D eigenvalue weighted by Gasteiger charge is -1.93. The molecule has 0 saturated carbocycles. The lowest BCUT2D eigenvalue weighted by molar-refractivity contribution is -0.394. The van der Waals surface area contributed by atoms with Crippen molar-refractivity contribution >= 4 is 11.4 Å². The highest BCUT2D eigenvalue weighted by Crippen LogP contribution is 2.18. The van der Waals surface area contributed by atoms with E-state index >= 15 is 0 Å². The van der Waals surface area contributed by atoms with Gasteiger partial charge in [-0.25, -0.2) is 0 Å². The monoisotopic (exact) mass is 274 g/mol. The third-order valence-corrected chi connectivity index (χ3v) is 2.68. The Morgan fingerprint density at radius 1 is 0.750 bits per heavy atom. The standard InChI is InChI=1S/C8H10.C6H4N2O4/c1-7-5-3-4-6-8(7)2;9-7(10)5-2-1-3-6(4-5)8(11)12/h3-6H,1-2H3;1-4H. The van der Waals surface area contributed by atoms with Gasteiger partial charge in [0.1, 0.15) is 0 Å². The van der Waals surface area contributed by atoms with E-state index in [0.717, 1.165) is 6.07 Å². The Balaban J connectivity index is 0.000000217. The maximum atomic E-state index is 10.2. The van der Waals surface area contributed by atoms with Gasteiger partial charge in [-0.3, -0.25) is 20.2 Å². The van der Waals surface area contributed by atoms with Crippen LogP contribution in [0.1, 0.15) is 11.1 Å². The van der Waals surface area contributed by atoms with Crippen molar-refractivity contribution in [2.45, 2.75) is 13.8 Å². The van der Waals surface area contributed by atoms with Gasteiger partial charge in [-0.05, 0) is 31.0 Å². The molecule has 0 unspecified atom stereocenters. The summed E-state index contributed by atoms with van der Waals surface area (Å²) in [7, 11) is 0. The molecule has 0 aliphatic carbocycles. The van der Waals surface area contributed by atoms with Crippen molar-refractivity contribution in [3.63, 3.8) is 0 Å². The zero-order valence-corrected chi connectivity index (χ0v) is 11.1. The summed E-state index contributed by atoms with van der Waals surface area (Å²) in [6.45, 7) is 4.24. The quantitative estimate of drug-likeness (QED) is 0.615. The summed E-state index contributed by atoms with van der Waals surface area (Å²) in [6.07, 6.45) is 0. The van der Waals surface area contributed by atoms with Crippen molar-refractivity contribution < 1.29 is 9.85 Å². The van der Waals surface area contributed by atoms with Gasteiger partial charge in [0.2, 0.25) is 0 Å². The molecule has 2 aromatic rings. The van der Waals surface area contributed by atoms with Crippen LogP contribution >= 0.6 is 0 Å². The van der Waals surface area contributed by atoms with Gasteiger partial charge in [-0.2, -0.15) is 0 Å². The molecule has 0 amide bonds. The van der Waals surface area contributed by atoms with Gasteiger partial charge in [0, 0.05) is 12.1 Å². The Hall–Kier alpha value is -2.76. The molecule has 0 fully saturated rings. The highest BCUT2D eigenvalue weighted by Gasteiger charge is 2.11. The van der Waals surface area contributed by atoms with Crippen molar-refractivity contribution in [1.29, 1.82) is 0 Å². The van der Waals surface area contributed by atoms with E-state index in [4.69, 9.17) is 0 Å². The van der Waals surface area contributed by atoms with Crippen LogP contribution in [-0.2, 0) is 0 Å². The van der Waals surface area contributed by atoms with Crippen LogP contribution in [0, 0.1) is 34.1 Å². The van der Waals surface area contributed by atoms with Crippen molar-refractivity contribution in [2.24, 2.45) is 0 Å². The van der Waals surface area contributed by atoms with Crippen molar-refractivity contribution in [3.8, 4) is 0 Å². The third-order valence-electron chi connectivity index (χ3n) is 2.68. The predicted molar refractivity (Wildman–Crippen MR) is 75.7 cm³/mol. The Kier molecular flexibility index (Phi) is 5.34. The Bertz CT molecular complexity index is 576. The molecule has 0 aliphatic heterocycles. The SMILES string of the molecule is Cc1ccccc1C.O=[N+]([O-])c1cccc([N+](=O)[O-])c1. The molecule has 0 bridgehead atoms. The second kappa shape index (κ2) is 6.98. The maximum Gasteiger partial charge on any atom is 0.276 e. The molecular weight excluding hydrogens is 260 g/mol. The fraction of sp³-hybridized carbons (Fsp3) is 0.143. The first-order valence-corrected chi connectivity index (χ1v) is 5.83. The van der Waals surface area contributed by atoms with Crippen molar-refractivity contribution in [1.82, 2.24) is 0 Å². The molecule has 20 heavy (non-hydrogen) atoms. The number of hydrogen-bond acceptors (Lipinski definition) is 4. The Morgan fingerprint density at radius 2 is 1.15 bits per heavy atom. The molecule has 104 valence electrons. The number of aryl methyl sites for hydroxylation is 2. The van der Waals surface area contributed by atoms with E-state index in [1.807, 2.05) is 0 Å². The molecular formula is C14H14N2O4. The molecule has 0 aromatic heterocycles. The number of benzene rings is 2. The molecule has 2 rings (SSSR count). The Morgan fingerprint density at radius 3 is 1.45 bits per heavy atom. The number of nitro groups is 2. The van der Waals surface area contributed by atoms with Crippen LogP contribution in [0.25, 0.3) is 0 Å². The van der Waals surface area contributed by atoms with Gasteiger partial charge in [-0.15, -0.1) is 0 Å². The largest absolute Gasteiger partial charge is 0.276 e. The number of non-ortho nitro benzene ring substituents is 2. The number of nitro benzene ring substituents is 2. The van der Waals surface area contributed by atoms with Gasteiger partial charge in [-0.1, -0.05) is 24.3 Å². The first kappa shape index (κ1) is 15.3. The lowest BCUT2D eigenvalue weighted by atomic mass is 10.1. The number of hydrogen-bond donors (Lipinski definition) is 0. The van der Waals surface area contributed by atoms with Gasteiger partial charge in [0.25, 0.3) is 11.4 Å². The molecule has 0 N–H and O–H groups in total. The van der Waals surface area contributed by atoms with E-state index in [1.54, 1.807) is 0 Å². The van der Waals surface area contributed by atoms with Crippen molar-refractivity contribution in [3.05, 3.63) is 79.9 Å². The average Bonchev–Trinajstić information content (AvgIpc) is 2.43.